The Bertz CT molecular complexity index is 1220. The second kappa shape index (κ2) is 6.99. The normalized spacial score (nSPS) is 10.8. The first-order valence-corrected chi connectivity index (χ1v) is 8.56. The molecule has 2 aromatic heterocycles. The van der Waals surface area contributed by atoms with E-state index in [0.29, 0.717) is 17.1 Å². The molecule has 0 aliphatic carbocycles. The van der Waals surface area contributed by atoms with Crippen molar-refractivity contribution < 1.29 is 9.53 Å². The molecule has 0 bridgehead atoms. The monoisotopic (exact) mass is 375 g/mol. The smallest absolute Gasteiger partial charge is 0.257 e. The molecule has 1 amide bonds. The Morgan fingerprint density at radius 1 is 1.14 bits per heavy atom. The van der Waals surface area contributed by atoms with Crippen LogP contribution < -0.4 is 15.6 Å². The predicted molar refractivity (Wildman–Crippen MR) is 105 cm³/mol. The Hall–Kier alpha value is -3.94. The highest BCUT2D eigenvalue weighted by molar-refractivity contribution is 6.04. The van der Waals surface area contributed by atoms with Crippen molar-refractivity contribution in [3.63, 3.8) is 0 Å². The number of carbonyl (C=O) groups excluding carboxylic acids is 1. The maximum atomic E-state index is 12.6. The minimum absolute atomic E-state index is 0.235. The number of benzene rings is 2. The van der Waals surface area contributed by atoms with Crippen molar-refractivity contribution in [2.75, 3.05) is 12.4 Å². The van der Waals surface area contributed by atoms with Crippen LogP contribution in [0.2, 0.25) is 0 Å². The van der Waals surface area contributed by atoms with E-state index in [1.807, 2.05) is 31.2 Å². The fourth-order valence-corrected chi connectivity index (χ4v) is 2.86. The highest BCUT2D eigenvalue weighted by Crippen LogP contribution is 2.20. The van der Waals surface area contributed by atoms with Gasteiger partial charge in [0.1, 0.15) is 11.6 Å². The number of nitrogens with zero attached hydrogens (tertiary/aromatic N) is 3. The molecule has 4 aromatic rings. The molecular formula is C20H17N5O3. The lowest BCUT2D eigenvalue weighted by Crippen LogP contribution is -2.19. The number of aromatic nitrogens is 4. The van der Waals surface area contributed by atoms with E-state index in [9.17, 15) is 9.59 Å². The third kappa shape index (κ3) is 3.23. The van der Waals surface area contributed by atoms with Crippen LogP contribution in [0.25, 0.3) is 17.2 Å². The summed E-state index contributed by atoms with van der Waals surface area (Å²) in [6, 6.07) is 15.7. The predicted octanol–water partition coefficient (Wildman–Crippen LogP) is 2.65. The molecule has 0 aliphatic rings. The molecule has 140 valence electrons. The van der Waals surface area contributed by atoms with Gasteiger partial charge in [-0.2, -0.15) is 9.50 Å². The number of amides is 1. The Morgan fingerprint density at radius 3 is 2.61 bits per heavy atom. The van der Waals surface area contributed by atoms with Crippen molar-refractivity contribution >= 4 is 17.5 Å². The average molecular weight is 375 g/mol. The molecule has 2 N–H and O–H groups in total. The number of aryl methyl sites for hydroxylation is 1. The summed E-state index contributed by atoms with van der Waals surface area (Å²) >= 11 is 0. The quantitative estimate of drug-likeness (QED) is 0.571. The molecule has 0 atom stereocenters. The molecule has 0 unspecified atom stereocenters. The zero-order valence-electron chi connectivity index (χ0n) is 15.3. The van der Waals surface area contributed by atoms with Gasteiger partial charge in [0, 0.05) is 17.2 Å². The molecule has 2 heterocycles. The molecule has 8 heteroatoms. The zero-order chi connectivity index (χ0) is 19.7. The molecule has 0 saturated carbocycles. The lowest BCUT2D eigenvalue weighted by molar-refractivity contribution is 0.102. The molecule has 0 radical (unpaired) electrons. The number of hydrogen-bond acceptors (Lipinski definition) is 5. The number of nitrogens with one attached hydrogen (secondary N) is 2. The van der Waals surface area contributed by atoms with Crippen molar-refractivity contribution in [2.45, 2.75) is 6.92 Å². The Kier molecular flexibility index (Phi) is 4.36. The molecule has 4 rings (SSSR count). The van der Waals surface area contributed by atoms with E-state index in [1.165, 1.54) is 10.6 Å². The van der Waals surface area contributed by atoms with Crippen LogP contribution in [0.3, 0.4) is 0 Å². The van der Waals surface area contributed by atoms with Crippen LogP contribution in [0.1, 0.15) is 15.9 Å². The van der Waals surface area contributed by atoms with Crippen molar-refractivity contribution in [2.24, 2.45) is 0 Å². The lowest BCUT2D eigenvalue weighted by Gasteiger charge is -2.08. The van der Waals surface area contributed by atoms with E-state index >= 15 is 0 Å². The van der Waals surface area contributed by atoms with E-state index in [1.54, 1.807) is 31.4 Å². The van der Waals surface area contributed by atoms with Gasteiger partial charge in [-0.3, -0.25) is 14.6 Å². The van der Waals surface area contributed by atoms with E-state index in [2.05, 4.69) is 20.4 Å². The fourth-order valence-electron chi connectivity index (χ4n) is 2.86. The summed E-state index contributed by atoms with van der Waals surface area (Å²) < 4.78 is 6.55. The van der Waals surface area contributed by atoms with Gasteiger partial charge in [-0.15, -0.1) is 5.10 Å². The van der Waals surface area contributed by atoms with Gasteiger partial charge in [-0.05, 0) is 42.8 Å². The Morgan fingerprint density at radius 2 is 1.89 bits per heavy atom. The minimum Gasteiger partial charge on any atom is -0.497 e. The summed E-state index contributed by atoms with van der Waals surface area (Å²) in [6.45, 7) is 1.85. The highest BCUT2D eigenvalue weighted by Gasteiger charge is 2.15. The molecule has 2 aromatic carbocycles. The maximum Gasteiger partial charge on any atom is 0.257 e. The van der Waals surface area contributed by atoms with Crippen LogP contribution in [0, 0.1) is 6.92 Å². The Labute approximate surface area is 159 Å². The highest BCUT2D eigenvalue weighted by atomic mass is 16.5. The maximum absolute atomic E-state index is 12.6. The number of anilines is 1. The molecule has 0 spiro atoms. The van der Waals surface area contributed by atoms with E-state index in [4.69, 9.17) is 4.74 Å². The molecule has 0 fully saturated rings. The van der Waals surface area contributed by atoms with E-state index < -0.39 is 0 Å². The van der Waals surface area contributed by atoms with Gasteiger partial charge < -0.3 is 10.1 Å². The van der Waals surface area contributed by atoms with Crippen LogP contribution in [-0.2, 0) is 0 Å². The topological polar surface area (TPSA) is 101 Å². The van der Waals surface area contributed by atoms with Crippen LogP contribution in [0.5, 0.6) is 5.75 Å². The second-order valence-electron chi connectivity index (χ2n) is 6.19. The van der Waals surface area contributed by atoms with Gasteiger partial charge in [0.05, 0.1) is 7.11 Å². The van der Waals surface area contributed by atoms with E-state index in [0.717, 1.165) is 11.1 Å². The number of hydrogen-bond donors (Lipinski definition) is 2. The standard InChI is InChI=1S/C20H17N5O3/c1-12-5-3-4-6-15(12)19(27)21-16-11-17(26)22-20-23-18(24-25(16)20)13-7-9-14(28-2)10-8-13/h3-11H,1-2H3,(H,21,27)(H,22,23,24,26). The number of rotatable bonds is 4. The number of methoxy groups -OCH3 is 1. The molecule has 0 saturated heterocycles. The van der Waals surface area contributed by atoms with Crippen molar-refractivity contribution in [1.82, 2.24) is 19.6 Å². The summed E-state index contributed by atoms with van der Waals surface area (Å²) in [6.07, 6.45) is 0. The fraction of sp³-hybridized carbons (Fsp3) is 0.100. The number of aromatic amines is 1. The molecule has 0 aliphatic heterocycles. The SMILES string of the molecule is COc1ccc(-c2nc3[nH]c(=O)cc(NC(=O)c4ccccc4C)n3n2)cc1. The summed E-state index contributed by atoms with van der Waals surface area (Å²) in [5.41, 5.74) is 1.72. The van der Waals surface area contributed by atoms with Crippen molar-refractivity contribution in [3.8, 4) is 17.1 Å². The van der Waals surface area contributed by atoms with E-state index in [-0.39, 0.29) is 23.1 Å². The molecule has 8 nitrogen and oxygen atoms in total. The lowest BCUT2D eigenvalue weighted by atomic mass is 10.1. The molecule has 28 heavy (non-hydrogen) atoms. The number of ether oxygens (including phenoxy) is 1. The first-order valence-electron chi connectivity index (χ1n) is 8.56. The average Bonchev–Trinajstić information content (AvgIpc) is 3.12. The first-order chi connectivity index (χ1) is 13.5. The number of fused-ring (bicyclic) bond motifs is 1. The van der Waals surface area contributed by atoms with Crippen LogP contribution >= 0.6 is 0 Å². The van der Waals surface area contributed by atoms with Gasteiger partial charge in [0.15, 0.2) is 5.82 Å². The van der Waals surface area contributed by atoms with Gasteiger partial charge in [0.2, 0.25) is 5.78 Å². The summed E-state index contributed by atoms with van der Waals surface area (Å²) in [7, 11) is 1.59. The van der Waals surface area contributed by atoms with Gasteiger partial charge in [-0.1, -0.05) is 18.2 Å². The molecular weight excluding hydrogens is 358 g/mol. The van der Waals surface area contributed by atoms with Crippen LogP contribution in [-0.4, -0.2) is 32.6 Å². The third-order valence-corrected chi connectivity index (χ3v) is 4.32. The second-order valence-corrected chi connectivity index (χ2v) is 6.19. The third-order valence-electron chi connectivity index (χ3n) is 4.32. The van der Waals surface area contributed by atoms with Gasteiger partial charge in [-0.25, -0.2) is 0 Å². The van der Waals surface area contributed by atoms with Crippen molar-refractivity contribution in [1.29, 1.82) is 0 Å². The summed E-state index contributed by atoms with van der Waals surface area (Å²) in [5.74, 6) is 1.27. The summed E-state index contributed by atoms with van der Waals surface area (Å²) in [4.78, 5) is 31.6. The summed E-state index contributed by atoms with van der Waals surface area (Å²) in [5, 5.41) is 7.18. The van der Waals surface area contributed by atoms with Gasteiger partial charge >= 0.3 is 0 Å². The van der Waals surface area contributed by atoms with Gasteiger partial charge in [0.25, 0.3) is 11.5 Å². The first kappa shape index (κ1) is 17.5. The zero-order valence-corrected chi connectivity index (χ0v) is 15.3. The van der Waals surface area contributed by atoms with Crippen molar-refractivity contribution in [3.05, 3.63) is 76.1 Å². The number of H-pyrrole nitrogens is 1. The Balaban J connectivity index is 1.74. The largest absolute Gasteiger partial charge is 0.497 e. The number of carbonyl (C=O) groups is 1. The van der Waals surface area contributed by atoms with Crippen LogP contribution in [0.4, 0.5) is 5.82 Å². The van der Waals surface area contributed by atoms with Crippen LogP contribution in [0.15, 0.2) is 59.4 Å². The minimum atomic E-state index is -0.388.